The van der Waals surface area contributed by atoms with Gasteiger partial charge in [-0.1, -0.05) is 19.4 Å². The molecular formula is C19H22N2O5. The number of fused-ring (bicyclic) bond motifs is 1. The molecule has 3 amide bonds. The second-order valence-corrected chi connectivity index (χ2v) is 5.96. The van der Waals surface area contributed by atoms with E-state index in [-0.39, 0.29) is 29.1 Å². The number of nitrogens with zero attached hydrogens (tertiary/aromatic N) is 1. The highest BCUT2D eigenvalue weighted by Gasteiger charge is 2.35. The average Bonchev–Trinajstić information content (AvgIpc) is 2.87. The highest BCUT2D eigenvalue weighted by Crippen LogP contribution is 2.24. The Hall–Kier alpha value is -2.96. The molecule has 1 aliphatic heterocycles. The van der Waals surface area contributed by atoms with Crippen LogP contribution in [0.1, 0.15) is 57.8 Å². The quantitative estimate of drug-likeness (QED) is 0.435. The lowest BCUT2D eigenvalue weighted by Gasteiger charge is -2.13. The van der Waals surface area contributed by atoms with Gasteiger partial charge in [-0.05, 0) is 31.5 Å². The zero-order valence-corrected chi connectivity index (χ0v) is 14.9. The maximum absolute atomic E-state index is 12.4. The van der Waals surface area contributed by atoms with Crippen molar-refractivity contribution in [2.24, 2.45) is 0 Å². The van der Waals surface area contributed by atoms with Gasteiger partial charge in [0, 0.05) is 13.1 Å². The Balaban J connectivity index is 2.12. The number of carbonyl (C=O) groups excluding carboxylic acids is 4. The number of hydrogen-bond acceptors (Lipinski definition) is 5. The van der Waals surface area contributed by atoms with Crippen LogP contribution in [0.5, 0.6) is 0 Å². The van der Waals surface area contributed by atoms with Crippen LogP contribution in [0, 0.1) is 0 Å². The molecule has 0 bridgehead atoms. The summed E-state index contributed by atoms with van der Waals surface area (Å²) < 4.78 is 5.11. The Morgan fingerprint density at radius 3 is 2.62 bits per heavy atom. The highest BCUT2D eigenvalue weighted by atomic mass is 16.5. The molecule has 0 spiro atoms. The Labute approximate surface area is 152 Å². The molecule has 0 fully saturated rings. The predicted octanol–water partition coefficient (Wildman–Crippen LogP) is 1.93. The largest absolute Gasteiger partial charge is 0.449 e. The van der Waals surface area contributed by atoms with Crippen molar-refractivity contribution < 1.29 is 23.9 Å². The molecule has 1 aliphatic rings. The summed E-state index contributed by atoms with van der Waals surface area (Å²) in [6.07, 6.45) is 2.10. The van der Waals surface area contributed by atoms with Crippen LogP contribution in [0.15, 0.2) is 30.9 Å². The van der Waals surface area contributed by atoms with E-state index in [9.17, 15) is 19.2 Å². The van der Waals surface area contributed by atoms with Crippen LogP contribution >= 0.6 is 0 Å². The SMILES string of the molecule is C=CCNC(=O)[C@@H](C)OC(=O)c1ccc2c(c1)C(=O)N(CCCC)C2=O. The van der Waals surface area contributed by atoms with E-state index in [1.54, 1.807) is 0 Å². The van der Waals surface area contributed by atoms with E-state index in [0.717, 1.165) is 12.8 Å². The van der Waals surface area contributed by atoms with Crippen molar-refractivity contribution in [2.45, 2.75) is 32.8 Å². The highest BCUT2D eigenvalue weighted by molar-refractivity contribution is 6.22. The number of benzene rings is 1. The second-order valence-electron chi connectivity index (χ2n) is 5.96. The minimum absolute atomic E-state index is 0.116. The van der Waals surface area contributed by atoms with Crippen LogP contribution < -0.4 is 5.32 Å². The van der Waals surface area contributed by atoms with Crippen LogP contribution in [-0.4, -0.2) is 47.8 Å². The fourth-order valence-electron chi connectivity index (χ4n) is 2.54. The molecule has 0 saturated heterocycles. The van der Waals surface area contributed by atoms with Crippen molar-refractivity contribution in [3.05, 3.63) is 47.5 Å². The zero-order valence-electron chi connectivity index (χ0n) is 14.9. The molecule has 1 aromatic carbocycles. The van der Waals surface area contributed by atoms with E-state index >= 15 is 0 Å². The van der Waals surface area contributed by atoms with Gasteiger partial charge < -0.3 is 10.1 Å². The summed E-state index contributed by atoms with van der Waals surface area (Å²) in [5.41, 5.74) is 0.578. The number of unbranched alkanes of at least 4 members (excludes halogenated alkanes) is 1. The molecular weight excluding hydrogens is 336 g/mol. The molecule has 0 aromatic heterocycles. The number of carbonyl (C=O) groups is 4. The lowest BCUT2D eigenvalue weighted by molar-refractivity contribution is -0.128. The predicted molar refractivity (Wildman–Crippen MR) is 94.8 cm³/mol. The Bertz CT molecular complexity index is 756. The van der Waals surface area contributed by atoms with Crippen molar-refractivity contribution in [1.82, 2.24) is 10.2 Å². The molecule has 0 saturated carbocycles. The van der Waals surface area contributed by atoms with Gasteiger partial charge in [-0.25, -0.2) is 4.79 Å². The number of hydrogen-bond donors (Lipinski definition) is 1. The maximum atomic E-state index is 12.4. The Morgan fingerprint density at radius 2 is 1.96 bits per heavy atom. The molecule has 2 rings (SSSR count). The van der Waals surface area contributed by atoms with Crippen LogP contribution in [0.2, 0.25) is 0 Å². The fraction of sp³-hybridized carbons (Fsp3) is 0.368. The Kier molecular flexibility index (Phi) is 6.27. The lowest BCUT2D eigenvalue weighted by atomic mass is 10.1. The van der Waals surface area contributed by atoms with Crippen molar-refractivity contribution in [3.63, 3.8) is 0 Å². The molecule has 1 aromatic rings. The molecule has 7 nitrogen and oxygen atoms in total. The van der Waals surface area contributed by atoms with Gasteiger partial charge in [-0.2, -0.15) is 0 Å². The topological polar surface area (TPSA) is 92.8 Å². The molecule has 0 radical (unpaired) electrons. The van der Waals surface area contributed by atoms with Gasteiger partial charge in [0.05, 0.1) is 16.7 Å². The molecule has 7 heteroatoms. The van der Waals surface area contributed by atoms with Crippen LogP contribution in [-0.2, 0) is 9.53 Å². The van der Waals surface area contributed by atoms with Crippen molar-refractivity contribution in [1.29, 1.82) is 0 Å². The summed E-state index contributed by atoms with van der Waals surface area (Å²) in [5.74, 6) is -1.95. The second kappa shape index (κ2) is 8.42. The van der Waals surface area contributed by atoms with E-state index in [1.807, 2.05) is 6.92 Å². The lowest BCUT2D eigenvalue weighted by Crippen LogP contribution is -2.35. The molecule has 0 aliphatic carbocycles. The van der Waals surface area contributed by atoms with Crippen LogP contribution in [0.4, 0.5) is 0 Å². The third-order valence-corrected chi connectivity index (χ3v) is 4.02. The first-order valence-corrected chi connectivity index (χ1v) is 8.50. The average molecular weight is 358 g/mol. The van der Waals surface area contributed by atoms with E-state index < -0.39 is 23.9 Å². The van der Waals surface area contributed by atoms with Crippen LogP contribution in [0.25, 0.3) is 0 Å². The Morgan fingerprint density at radius 1 is 1.27 bits per heavy atom. The summed E-state index contributed by atoms with van der Waals surface area (Å²) >= 11 is 0. The third kappa shape index (κ3) is 3.99. The van der Waals surface area contributed by atoms with E-state index in [4.69, 9.17) is 4.74 Å². The maximum Gasteiger partial charge on any atom is 0.338 e. The first-order chi connectivity index (χ1) is 12.4. The number of ether oxygens (including phenoxy) is 1. The normalized spacial score (nSPS) is 14.0. The summed E-state index contributed by atoms with van der Waals surface area (Å²) in [5, 5.41) is 2.53. The fourth-order valence-corrected chi connectivity index (χ4v) is 2.54. The van der Waals surface area contributed by atoms with Crippen molar-refractivity contribution in [3.8, 4) is 0 Å². The summed E-state index contributed by atoms with van der Waals surface area (Å²) in [6, 6.07) is 4.21. The number of imide groups is 1. The minimum atomic E-state index is -0.992. The number of rotatable bonds is 8. The summed E-state index contributed by atoms with van der Waals surface area (Å²) in [4.78, 5) is 49.9. The summed E-state index contributed by atoms with van der Waals surface area (Å²) in [7, 11) is 0. The molecule has 0 unspecified atom stereocenters. The van der Waals surface area contributed by atoms with Crippen molar-refractivity contribution >= 4 is 23.7 Å². The van der Waals surface area contributed by atoms with Gasteiger partial charge in [0.25, 0.3) is 17.7 Å². The first-order valence-electron chi connectivity index (χ1n) is 8.50. The summed E-state index contributed by atoms with van der Waals surface area (Å²) in [6.45, 7) is 7.52. The van der Waals surface area contributed by atoms with E-state index in [2.05, 4.69) is 11.9 Å². The van der Waals surface area contributed by atoms with Crippen molar-refractivity contribution in [2.75, 3.05) is 13.1 Å². The zero-order chi connectivity index (χ0) is 19.3. The molecule has 1 heterocycles. The third-order valence-electron chi connectivity index (χ3n) is 4.02. The number of amides is 3. The van der Waals surface area contributed by atoms with Crippen LogP contribution in [0.3, 0.4) is 0 Å². The smallest absolute Gasteiger partial charge is 0.338 e. The van der Waals surface area contributed by atoms with Gasteiger partial charge >= 0.3 is 5.97 Å². The van der Waals surface area contributed by atoms with Gasteiger partial charge in [0.2, 0.25) is 0 Å². The van der Waals surface area contributed by atoms with Gasteiger partial charge in [-0.3, -0.25) is 19.3 Å². The molecule has 1 atom stereocenters. The standard InChI is InChI=1S/C19H22N2O5/c1-4-6-10-21-17(23)14-8-7-13(11-15(14)18(21)24)19(25)26-12(3)16(22)20-9-5-2/h5,7-8,11-12H,2,4,6,9-10H2,1,3H3,(H,20,22)/t12-/m1/s1. The number of esters is 1. The monoisotopic (exact) mass is 358 g/mol. The van der Waals surface area contributed by atoms with Gasteiger partial charge in [-0.15, -0.1) is 6.58 Å². The van der Waals surface area contributed by atoms with Gasteiger partial charge in [0.15, 0.2) is 6.10 Å². The molecule has 1 N–H and O–H groups in total. The van der Waals surface area contributed by atoms with Gasteiger partial charge in [0.1, 0.15) is 0 Å². The first kappa shape index (κ1) is 19.4. The van der Waals surface area contributed by atoms with E-state index in [0.29, 0.717) is 6.54 Å². The van der Waals surface area contributed by atoms with E-state index in [1.165, 1.54) is 36.1 Å². The molecule has 26 heavy (non-hydrogen) atoms. The minimum Gasteiger partial charge on any atom is -0.449 e. The molecule has 138 valence electrons. The number of nitrogens with one attached hydrogen (secondary N) is 1.